The summed E-state index contributed by atoms with van der Waals surface area (Å²) in [5, 5.41) is 10.7. The third kappa shape index (κ3) is 12.5. The van der Waals surface area contributed by atoms with Crippen molar-refractivity contribution >= 4 is 11.9 Å². The van der Waals surface area contributed by atoms with E-state index in [9.17, 15) is 0 Å². The van der Waals surface area contributed by atoms with Gasteiger partial charge in [0.1, 0.15) is 0 Å². The van der Waals surface area contributed by atoms with Crippen LogP contribution in [0.25, 0.3) is 0 Å². The average molecular weight is 255 g/mol. The smallest absolute Gasteiger partial charge is 0.300 e. The Morgan fingerprint density at radius 2 is 1.94 bits per heavy atom. The highest BCUT2D eigenvalue weighted by molar-refractivity contribution is 5.62. The molecule has 18 heavy (non-hydrogen) atoms. The molecule has 0 aromatic carbocycles. The van der Waals surface area contributed by atoms with E-state index in [0.717, 1.165) is 19.4 Å². The lowest BCUT2D eigenvalue weighted by molar-refractivity contribution is -0.134. The van der Waals surface area contributed by atoms with Crippen molar-refractivity contribution in [1.29, 1.82) is 0 Å². The Morgan fingerprint density at radius 1 is 1.33 bits per heavy atom. The molecular weight excluding hydrogens is 230 g/mol. The molecule has 0 spiro atoms. The molecule has 0 saturated heterocycles. The van der Waals surface area contributed by atoms with Crippen LogP contribution in [0.1, 0.15) is 52.4 Å². The second-order valence-electron chi connectivity index (χ2n) is 4.15. The number of aromatic amines is 1. The van der Waals surface area contributed by atoms with Gasteiger partial charge in [0, 0.05) is 25.9 Å². The molecule has 0 radical (unpaired) electrons. The fourth-order valence-corrected chi connectivity index (χ4v) is 1.47. The molecule has 0 unspecified atom stereocenters. The number of anilines is 1. The first-order valence-corrected chi connectivity index (χ1v) is 6.59. The van der Waals surface area contributed by atoms with Crippen LogP contribution in [0.3, 0.4) is 0 Å². The van der Waals surface area contributed by atoms with Crippen molar-refractivity contribution in [2.75, 3.05) is 11.9 Å². The van der Waals surface area contributed by atoms with E-state index in [0.29, 0.717) is 0 Å². The average Bonchev–Trinajstić information content (AvgIpc) is 2.80. The van der Waals surface area contributed by atoms with Crippen molar-refractivity contribution in [2.45, 2.75) is 52.4 Å². The third-order valence-electron chi connectivity index (χ3n) is 2.32. The standard InChI is InChI=1S/C11H21N3.C2H4O2/c1-2-3-4-5-6-7-8-12-11-13-9-10-14-11;1-2(3)4/h9-10H,2-8H2,1H3,(H2,12,13,14);1H3,(H,3,4). The monoisotopic (exact) mass is 255 g/mol. The first-order valence-electron chi connectivity index (χ1n) is 6.59. The van der Waals surface area contributed by atoms with Crippen molar-refractivity contribution in [2.24, 2.45) is 0 Å². The van der Waals surface area contributed by atoms with Gasteiger partial charge in [-0.15, -0.1) is 0 Å². The topological polar surface area (TPSA) is 78.0 Å². The summed E-state index contributed by atoms with van der Waals surface area (Å²) >= 11 is 0. The van der Waals surface area contributed by atoms with E-state index in [-0.39, 0.29) is 0 Å². The van der Waals surface area contributed by atoms with Crippen LogP contribution < -0.4 is 5.32 Å². The van der Waals surface area contributed by atoms with Crippen LogP contribution in [0.2, 0.25) is 0 Å². The van der Waals surface area contributed by atoms with E-state index < -0.39 is 5.97 Å². The molecule has 104 valence electrons. The number of rotatable bonds is 8. The molecule has 5 heteroatoms. The van der Waals surface area contributed by atoms with Gasteiger partial charge in [-0.2, -0.15) is 0 Å². The first-order chi connectivity index (χ1) is 8.66. The van der Waals surface area contributed by atoms with Gasteiger partial charge in [-0.25, -0.2) is 4.98 Å². The minimum absolute atomic E-state index is 0.833. The summed E-state index contributed by atoms with van der Waals surface area (Å²) in [5.74, 6) is 0.0542. The zero-order chi connectivity index (χ0) is 13.6. The number of nitrogens with one attached hydrogen (secondary N) is 2. The Bertz CT molecular complexity index is 282. The molecule has 0 atom stereocenters. The number of carboxylic acids is 1. The number of nitrogens with zero attached hydrogens (tertiary/aromatic N) is 1. The van der Waals surface area contributed by atoms with Gasteiger partial charge in [-0.1, -0.05) is 39.0 Å². The van der Waals surface area contributed by atoms with Crippen LogP contribution in [-0.4, -0.2) is 27.6 Å². The minimum atomic E-state index is -0.833. The molecule has 1 heterocycles. The summed E-state index contributed by atoms with van der Waals surface area (Å²) in [6.45, 7) is 4.36. The number of aromatic nitrogens is 2. The zero-order valence-electron chi connectivity index (χ0n) is 11.4. The molecule has 0 aliphatic carbocycles. The van der Waals surface area contributed by atoms with E-state index in [1.54, 1.807) is 6.20 Å². The Balaban J connectivity index is 0.000000631. The first kappa shape index (κ1) is 16.5. The molecule has 0 saturated carbocycles. The molecule has 5 nitrogen and oxygen atoms in total. The summed E-state index contributed by atoms with van der Waals surface area (Å²) in [5.41, 5.74) is 0. The number of carbonyl (C=O) groups is 1. The molecule has 0 amide bonds. The molecular formula is C13H25N3O2. The van der Waals surface area contributed by atoms with Crippen LogP contribution >= 0.6 is 0 Å². The number of hydrogen-bond donors (Lipinski definition) is 3. The maximum Gasteiger partial charge on any atom is 0.300 e. The molecule has 3 N–H and O–H groups in total. The number of imidazole rings is 1. The molecule has 0 bridgehead atoms. The molecule has 0 aliphatic rings. The SMILES string of the molecule is CC(=O)O.CCCCCCCCNc1ncc[nH]1. The highest BCUT2D eigenvalue weighted by atomic mass is 16.4. The van der Waals surface area contributed by atoms with Gasteiger partial charge in [0.25, 0.3) is 5.97 Å². The van der Waals surface area contributed by atoms with Crippen molar-refractivity contribution < 1.29 is 9.90 Å². The van der Waals surface area contributed by atoms with Gasteiger partial charge in [-0.3, -0.25) is 4.79 Å². The van der Waals surface area contributed by atoms with Gasteiger partial charge >= 0.3 is 0 Å². The highest BCUT2D eigenvalue weighted by Crippen LogP contribution is 2.05. The Labute approximate surface area is 109 Å². The van der Waals surface area contributed by atoms with Crippen LogP contribution in [0.4, 0.5) is 5.95 Å². The van der Waals surface area contributed by atoms with E-state index in [4.69, 9.17) is 9.90 Å². The molecule has 0 aliphatic heterocycles. The van der Waals surface area contributed by atoms with E-state index in [2.05, 4.69) is 22.2 Å². The number of H-pyrrole nitrogens is 1. The lowest BCUT2D eigenvalue weighted by atomic mass is 10.1. The molecule has 1 aromatic rings. The largest absolute Gasteiger partial charge is 0.481 e. The predicted molar refractivity (Wildman–Crippen MR) is 73.8 cm³/mol. The normalized spacial score (nSPS) is 9.44. The van der Waals surface area contributed by atoms with Gasteiger partial charge < -0.3 is 15.4 Å². The second-order valence-corrected chi connectivity index (χ2v) is 4.15. The molecule has 0 fully saturated rings. The van der Waals surface area contributed by atoms with Gasteiger partial charge in [0.05, 0.1) is 0 Å². The van der Waals surface area contributed by atoms with E-state index in [1.165, 1.54) is 38.5 Å². The minimum Gasteiger partial charge on any atom is -0.481 e. The third-order valence-corrected chi connectivity index (χ3v) is 2.32. The predicted octanol–water partition coefficient (Wildman–Crippen LogP) is 3.27. The van der Waals surface area contributed by atoms with Crippen LogP contribution in [0, 0.1) is 0 Å². The summed E-state index contributed by atoms with van der Waals surface area (Å²) in [7, 11) is 0. The van der Waals surface area contributed by atoms with Crippen molar-refractivity contribution in [1.82, 2.24) is 9.97 Å². The lowest BCUT2D eigenvalue weighted by Gasteiger charge is -2.02. The fraction of sp³-hybridized carbons (Fsp3) is 0.692. The fourth-order valence-electron chi connectivity index (χ4n) is 1.47. The summed E-state index contributed by atoms with van der Waals surface area (Å²) in [6, 6.07) is 0. The van der Waals surface area contributed by atoms with Gasteiger partial charge in [0.2, 0.25) is 0 Å². The summed E-state index contributed by atoms with van der Waals surface area (Å²) in [6.07, 6.45) is 11.6. The Hall–Kier alpha value is -1.52. The van der Waals surface area contributed by atoms with Crippen molar-refractivity contribution in [3.63, 3.8) is 0 Å². The van der Waals surface area contributed by atoms with Crippen molar-refractivity contribution in [3.8, 4) is 0 Å². The van der Waals surface area contributed by atoms with Gasteiger partial charge in [0.15, 0.2) is 5.95 Å². The maximum atomic E-state index is 9.00. The molecule has 1 rings (SSSR count). The number of aliphatic carboxylic acids is 1. The quantitative estimate of drug-likeness (QED) is 0.623. The summed E-state index contributed by atoms with van der Waals surface area (Å²) in [4.78, 5) is 16.1. The van der Waals surface area contributed by atoms with E-state index in [1.807, 2.05) is 6.20 Å². The second kappa shape index (κ2) is 12.0. The Kier molecular flexibility index (Phi) is 10.9. The van der Waals surface area contributed by atoms with Crippen LogP contribution in [0.5, 0.6) is 0 Å². The van der Waals surface area contributed by atoms with Crippen molar-refractivity contribution in [3.05, 3.63) is 12.4 Å². The van der Waals surface area contributed by atoms with Crippen LogP contribution in [-0.2, 0) is 4.79 Å². The Morgan fingerprint density at radius 3 is 2.50 bits per heavy atom. The number of unbranched alkanes of at least 4 members (excludes halogenated alkanes) is 5. The zero-order valence-corrected chi connectivity index (χ0v) is 11.4. The molecule has 1 aromatic heterocycles. The lowest BCUT2D eigenvalue weighted by Crippen LogP contribution is -2.02. The van der Waals surface area contributed by atoms with E-state index >= 15 is 0 Å². The maximum absolute atomic E-state index is 9.00. The summed E-state index contributed by atoms with van der Waals surface area (Å²) < 4.78 is 0. The number of carboxylic acid groups (broad SMARTS) is 1. The number of hydrogen-bond acceptors (Lipinski definition) is 3. The highest BCUT2D eigenvalue weighted by Gasteiger charge is 1.92. The van der Waals surface area contributed by atoms with Gasteiger partial charge in [-0.05, 0) is 6.42 Å². The van der Waals surface area contributed by atoms with Crippen LogP contribution in [0.15, 0.2) is 12.4 Å².